The molecule has 88 valence electrons. The van der Waals surface area contributed by atoms with Crippen LogP contribution in [-0.4, -0.2) is 24.8 Å². The number of hydrogen-bond acceptors (Lipinski definition) is 3. The van der Waals surface area contributed by atoms with E-state index in [1.54, 1.807) is 6.92 Å². The van der Waals surface area contributed by atoms with Gasteiger partial charge in [0.25, 0.3) is 0 Å². The minimum atomic E-state index is -0.0744. The molecule has 3 heteroatoms. The van der Waals surface area contributed by atoms with E-state index < -0.39 is 0 Å². The number of ether oxygens (including phenoxy) is 2. The standard InChI is InChI=1S/C12H22O3/c1-3-4-5-6-12-14-8-7-11(15-12)9-10(2)13/h11-12H,3-9H2,1-2H3. The molecule has 0 aliphatic carbocycles. The Labute approximate surface area is 92.1 Å². The van der Waals surface area contributed by atoms with Crippen molar-refractivity contribution in [2.75, 3.05) is 6.61 Å². The van der Waals surface area contributed by atoms with Crippen LogP contribution in [0.5, 0.6) is 0 Å². The van der Waals surface area contributed by atoms with Crippen LogP contribution in [0.3, 0.4) is 0 Å². The van der Waals surface area contributed by atoms with Gasteiger partial charge in [-0.25, -0.2) is 0 Å². The molecule has 1 fully saturated rings. The van der Waals surface area contributed by atoms with Crippen LogP contribution < -0.4 is 0 Å². The Bertz CT molecular complexity index is 191. The molecule has 0 saturated carbocycles. The summed E-state index contributed by atoms with van der Waals surface area (Å²) >= 11 is 0. The summed E-state index contributed by atoms with van der Waals surface area (Å²) in [5.74, 6) is 0.203. The summed E-state index contributed by atoms with van der Waals surface area (Å²) in [6, 6.07) is 0. The highest BCUT2D eigenvalue weighted by Gasteiger charge is 2.23. The summed E-state index contributed by atoms with van der Waals surface area (Å²) in [6.45, 7) is 4.53. The van der Waals surface area contributed by atoms with Gasteiger partial charge in [0.2, 0.25) is 0 Å². The van der Waals surface area contributed by atoms with Crippen LogP contribution in [0.4, 0.5) is 0 Å². The predicted molar refractivity (Wildman–Crippen MR) is 58.7 cm³/mol. The molecule has 1 heterocycles. The molecular formula is C12H22O3. The van der Waals surface area contributed by atoms with E-state index in [0.717, 1.165) is 25.9 Å². The van der Waals surface area contributed by atoms with Gasteiger partial charge >= 0.3 is 0 Å². The van der Waals surface area contributed by atoms with Gasteiger partial charge in [-0.05, 0) is 26.2 Å². The molecule has 0 amide bonds. The highest BCUT2D eigenvalue weighted by atomic mass is 16.7. The molecule has 15 heavy (non-hydrogen) atoms. The van der Waals surface area contributed by atoms with Crippen molar-refractivity contribution in [1.29, 1.82) is 0 Å². The highest BCUT2D eigenvalue weighted by Crippen LogP contribution is 2.19. The lowest BCUT2D eigenvalue weighted by atomic mass is 10.1. The first-order valence-electron chi connectivity index (χ1n) is 5.99. The first kappa shape index (κ1) is 12.7. The Morgan fingerprint density at radius 2 is 2.20 bits per heavy atom. The molecule has 1 saturated heterocycles. The van der Waals surface area contributed by atoms with E-state index in [1.165, 1.54) is 12.8 Å². The molecule has 0 bridgehead atoms. The summed E-state index contributed by atoms with van der Waals surface area (Å²) in [6.07, 6.45) is 5.94. The molecule has 0 radical (unpaired) electrons. The third-order valence-corrected chi connectivity index (χ3v) is 2.65. The number of Topliss-reactive ketones (excluding diaryl/α,β-unsaturated/α-hetero) is 1. The summed E-state index contributed by atoms with van der Waals surface area (Å²) in [5.41, 5.74) is 0. The fraction of sp³-hybridized carbons (Fsp3) is 0.917. The third kappa shape index (κ3) is 5.28. The van der Waals surface area contributed by atoms with Gasteiger partial charge in [0.05, 0.1) is 12.7 Å². The molecule has 2 unspecified atom stereocenters. The number of rotatable bonds is 6. The van der Waals surface area contributed by atoms with Crippen LogP contribution in [0, 0.1) is 0 Å². The van der Waals surface area contributed by atoms with E-state index in [9.17, 15) is 4.79 Å². The second-order valence-corrected chi connectivity index (χ2v) is 4.25. The van der Waals surface area contributed by atoms with E-state index in [2.05, 4.69) is 6.92 Å². The van der Waals surface area contributed by atoms with E-state index in [1.807, 2.05) is 0 Å². The minimum absolute atomic E-state index is 0.0744. The Balaban J connectivity index is 2.19. The average Bonchev–Trinajstić information content (AvgIpc) is 2.18. The average molecular weight is 214 g/mol. The van der Waals surface area contributed by atoms with Crippen LogP contribution in [0.2, 0.25) is 0 Å². The summed E-state index contributed by atoms with van der Waals surface area (Å²) in [7, 11) is 0. The lowest BCUT2D eigenvalue weighted by Crippen LogP contribution is -2.33. The molecule has 0 aromatic carbocycles. The van der Waals surface area contributed by atoms with Crippen LogP contribution in [0.25, 0.3) is 0 Å². The molecule has 1 aliphatic heterocycles. The molecule has 0 spiro atoms. The van der Waals surface area contributed by atoms with Gasteiger partial charge in [-0.3, -0.25) is 4.79 Å². The van der Waals surface area contributed by atoms with Crippen molar-refractivity contribution in [2.45, 2.75) is 64.8 Å². The quantitative estimate of drug-likeness (QED) is 0.638. The van der Waals surface area contributed by atoms with Gasteiger partial charge < -0.3 is 9.47 Å². The van der Waals surface area contributed by atoms with Crippen molar-refractivity contribution < 1.29 is 14.3 Å². The lowest BCUT2D eigenvalue weighted by Gasteiger charge is -2.29. The van der Waals surface area contributed by atoms with E-state index >= 15 is 0 Å². The van der Waals surface area contributed by atoms with Crippen molar-refractivity contribution in [3.8, 4) is 0 Å². The maximum Gasteiger partial charge on any atom is 0.157 e. The normalized spacial score (nSPS) is 26.5. The first-order valence-corrected chi connectivity index (χ1v) is 5.99. The molecule has 1 aliphatic rings. The van der Waals surface area contributed by atoms with Crippen molar-refractivity contribution in [3.05, 3.63) is 0 Å². The van der Waals surface area contributed by atoms with Crippen molar-refractivity contribution in [3.63, 3.8) is 0 Å². The van der Waals surface area contributed by atoms with Gasteiger partial charge in [0.1, 0.15) is 5.78 Å². The zero-order valence-corrected chi connectivity index (χ0v) is 9.83. The predicted octanol–water partition coefficient (Wildman–Crippen LogP) is 2.68. The highest BCUT2D eigenvalue weighted by molar-refractivity contribution is 5.75. The Morgan fingerprint density at radius 1 is 1.40 bits per heavy atom. The number of ketones is 1. The van der Waals surface area contributed by atoms with Gasteiger partial charge in [-0.1, -0.05) is 19.8 Å². The molecule has 0 N–H and O–H groups in total. The van der Waals surface area contributed by atoms with Crippen molar-refractivity contribution >= 4 is 5.78 Å². The molecule has 2 atom stereocenters. The number of carbonyl (C=O) groups is 1. The number of hydrogen-bond donors (Lipinski definition) is 0. The molecule has 0 aromatic heterocycles. The van der Waals surface area contributed by atoms with Gasteiger partial charge in [-0.15, -0.1) is 0 Å². The third-order valence-electron chi connectivity index (χ3n) is 2.65. The topological polar surface area (TPSA) is 35.5 Å². The van der Waals surface area contributed by atoms with E-state index in [0.29, 0.717) is 6.42 Å². The Morgan fingerprint density at radius 3 is 2.87 bits per heavy atom. The van der Waals surface area contributed by atoms with Crippen molar-refractivity contribution in [1.82, 2.24) is 0 Å². The number of unbranched alkanes of at least 4 members (excludes halogenated alkanes) is 2. The second-order valence-electron chi connectivity index (χ2n) is 4.25. The van der Waals surface area contributed by atoms with Crippen LogP contribution >= 0.6 is 0 Å². The smallest absolute Gasteiger partial charge is 0.157 e. The second kappa shape index (κ2) is 6.96. The summed E-state index contributed by atoms with van der Waals surface area (Å²) in [5, 5.41) is 0. The van der Waals surface area contributed by atoms with Gasteiger partial charge in [0.15, 0.2) is 6.29 Å². The maximum atomic E-state index is 11.0. The van der Waals surface area contributed by atoms with Gasteiger partial charge in [0, 0.05) is 6.42 Å². The fourth-order valence-electron chi connectivity index (χ4n) is 1.84. The van der Waals surface area contributed by atoms with Crippen LogP contribution in [0.15, 0.2) is 0 Å². The van der Waals surface area contributed by atoms with Gasteiger partial charge in [-0.2, -0.15) is 0 Å². The van der Waals surface area contributed by atoms with E-state index in [4.69, 9.17) is 9.47 Å². The molecule has 3 nitrogen and oxygen atoms in total. The zero-order chi connectivity index (χ0) is 11.1. The SMILES string of the molecule is CCCCCC1OCCC(CC(C)=O)O1. The lowest BCUT2D eigenvalue weighted by molar-refractivity contribution is -0.215. The largest absolute Gasteiger partial charge is 0.353 e. The first-order chi connectivity index (χ1) is 7.22. The Hall–Kier alpha value is -0.410. The van der Waals surface area contributed by atoms with Crippen LogP contribution in [0.1, 0.15) is 52.4 Å². The monoisotopic (exact) mass is 214 g/mol. The summed E-state index contributed by atoms with van der Waals surface area (Å²) < 4.78 is 11.2. The van der Waals surface area contributed by atoms with Crippen LogP contribution in [-0.2, 0) is 14.3 Å². The molecule has 0 aromatic rings. The zero-order valence-electron chi connectivity index (χ0n) is 9.83. The molecular weight excluding hydrogens is 192 g/mol. The van der Waals surface area contributed by atoms with Crippen molar-refractivity contribution in [2.24, 2.45) is 0 Å². The maximum absolute atomic E-state index is 11.0. The van der Waals surface area contributed by atoms with E-state index in [-0.39, 0.29) is 18.2 Å². The minimum Gasteiger partial charge on any atom is -0.353 e. The summed E-state index contributed by atoms with van der Waals surface area (Å²) in [4.78, 5) is 11.0. The molecule has 1 rings (SSSR count). The Kier molecular flexibility index (Phi) is 5.88. The number of carbonyl (C=O) groups excluding carboxylic acids is 1. The fourth-order valence-corrected chi connectivity index (χ4v) is 1.84.